The van der Waals surface area contributed by atoms with Gasteiger partial charge in [0, 0.05) is 24.8 Å². The molecule has 0 bridgehead atoms. The molecule has 1 aromatic heterocycles. The average Bonchev–Trinajstić information content (AvgIpc) is 3.63. The van der Waals surface area contributed by atoms with E-state index >= 15 is 0 Å². The topological polar surface area (TPSA) is 107 Å². The number of carbonyl (C=O) groups is 2. The first-order chi connectivity index (χ1) is 22.5. The SMILES string of the molecule is Cn1cnnc1SC[C@@H]1C[C@H](c2ccc(CO)cc2)O[C@H](c2cccc(-c3cccc(CN4C(=O)c5ccccc5C4=O)c3)c2)O1. The molecule has 2 aliphatic heterocycles. The van der Waals surface area contributed by atoms with Gasteiger partial charge in [0.15, 0.2) is 11.4 Å². The Morgan fingerprint density at radius 3 is 2.24 bits per heavy atom. The molecule has 9 nitrogen and oxygen atoms in total. The second-order valence-electron chi connectivity index (χ2n) is 11.5. The van der Waals surface area contributed by atoms with E-state index in [1.807, 2.05) is 78.3 Å². The minimum absolute atomic E-state index is 0.0131. The first-order valence-electron chi connectivity index (χ1n) is 15.1. The molecular formula is C36H32N4O5S. The maximum Gasteiger partial charge on any atom is 0.261 e. The molecule has 0 saturated carbocycles. The van der Waals surface area contributed by atoms with Gasteiger partial charge in [-0.3, -0.25) is 14.5 Å². The third kappa shape index (κ3) is 6.12. The van der Waals surface area contributed by atoms with Gasteiger partial charge in [-0.1, -0.05) is 84.6 Å². The Bertz CT molecular complexity index is 1860. The number of aliphatic hydroxyl groups excluding tert-OH is 1. The molecule has 2 aliphatic rings. The second-order valence-corrected chi connectivity index (χ2v) is 12.4. The summed E-state index contributed by atoms with van der Waals surface area (Å²) in [5.41, 5.74) is 6.42. The van der Waals surface area contributed by atoms with Crippen molar-refractivity contribution in [2.45, 2.75) is 43.2 Å². The smallest absolute Gasteiger partial charge is 0.261 e. The quantitative estimate of drug-likeness (QED) is 0.153. The molecule has 5 aromatic rings. The van der Waals surface area contributed by atoms with Crippen molar-refractivity contribution in [2.75, 3.05) is 5.75 Å². The maximum atomic E-state index is 13.0. The first kappa shape index (κ1) is 30.1. The van der Waals surface area contributed by atoms with Crippen LogP contribution in [0.2, 0.25) is 0 Å². The number of nitrogens with zero attached hydrogens (tertiary/aromatic N) is 4. The lowest BCUT2D eigenvalue weighted by molar-refractivity contribution is -0.245. The Labute approximate surface area is 270 Å². The highest BCUT2D eigenvalue weighted by atomic mass is 32.2. The number of aryl methyl sites for hydroxylation is 1. The minimum Gasteiger partial charge on any atom is -0.392 e. The summed E-state index contributed by atoms with van der Waals surface area (Å²) in [7, 11) is 1.92. The van der Waals surface area contributed by atoms with Crippen molar-refractivity contribution in [2.24, 2.45) is 7.05 Å². The van der Waals surface area contributed by atoms with Crippen LogP contribution in [0.1, 0.15) is 61.8 Å². The van der Waals surface area contributed by atoms with E-state index in [1.54, 1.807) is 42.4 Å². The van der Waals surface area contributed by atoms with Gasteiger partial charge in [-0.15, -0.1) is 10.2 Å². The number of hydrogen-bond acceptors (Lipinski definition) is 8. The third-order valence-corrected chi connectivity index (χ3v) is 9.49. The largest absolute Gasteiger partial charge is 0.392 e. The fourth-order valence-electron chi connectivity index (χ4n) is 5.87. The van der Waals surface area contributed by atoms with Crippen LogP contribution in [-0.2, 0) is 29.7 Å². The van der Waals surface area contributed by atoms with E-state index in [0.29, 0.717) is 23.3 Å². The van der Waals surface area contributed by atoms with Gasteiger partial charge in [0.1, 0.15) is 6.33 Å². The van der Waals surface area contributed by atoms with Gasteiger partial charge < -0.3 is 19.1 Å². The second kappa shape index (κ2) is 13.0. The lowest BCUT2D eigenvalue weighted by atomic mass is 9.99. The summed E-state index contributed by atoms with van der Waals surface area (Å²) >= 11 is 1.60. The molecule has 1 N–H and O–H groups in total. The van der Waals surface area contributed by atoms with Crippen LogP contribution in [-0.4, -0.2) is 48.4 Å². The summed E-state index contributed by atoms with van der Waals surface area (Å²) in [6.45, 7) is 0.178. The van der Waals surface area contributed by atoms with Crippen LogP contribution in [0.4, 0.5) is 0 Å². The van der Waals surface area contributed by atoms with Crippen molar-refractivity contribution >= 4 is 23.6 Å². The van der Waals surface area contributed by atoms with E-state index in [4.69, 9.17) is 9.47 Å². The van der Waals surface area contributed by atoms with Gasteiger partial charge >= 0.3 is 0 Å². The molecule has 46 heavy (non-hydrogen) atoms. The Kier molecular flexibility index (Phi) is 8.51. The monoisotopic (exact) mass is 632 g/mol. The Morgan fingerprint density at radius 1 is 0.826 bits per heavy atom. The van der Waals surface area contributed by atoms with E-state index in [9.17, 15) is 14.7 Å². The zero-order chi connectivity index (χ0) is 31.6. The van der Waals surface area contributed by atoms with E-state index in [1.165, 1.54) is 4.90 Å². The third-order valence-electron chi connectivity index (χ3n) is 8.32. The van der Waals surface area contributed by atoms with Crippen LogP contribution in [0.5, 0.6) is 0 Å². The molecule has 232 valence electrons. The van der Waals surface area contributed by atoms with E-state index in [2.05, 4.69) is 16.3 Å². The summed E-state index contributed by atoms with van der Waals surface area (Å²) in [4.78, 5) is 27.2. The maximum absolute atomic E-state index is 13.0. The van der Waals surface area contributed by atoms with Gasteiger partial charge in [0.05, 0.1) is 36.5 Å². The molecule has 2 amide bonds. The number of carbonyl (C=O) groups excluding carboxylic acids is 2. The Morgan fingerprint density at radius 2 is 1.54 bits per heavy atom. The number of benzene rings is 4. The first-order valence-corrected chi connectivity index (χ1v) is 16.1. The average molecular weight is 633 g/mol. The Balaban J connectivity index is 1.12. The molecule has 3 heterocycles. The fraction of sp³-hybridized carbons (Fsp3) is 0.222. The molecule has 7 rings (SSSR count). The zero-order valence-corrected chi connectivity index (χ0v) is 26.0. The predicted molar refractivity (Wildman–Crippen MR) is 173 cm³/mol. The highest BCUT2D eigenvalue weighted by molar-refractivity contribution is 7.99. The molecule has 0 spiro atoms. The summed E-state index contributed by atoms with van der Waals surface area (Å²) in [6.07, 6.45) is 1.42. The van der Waals surface area contributed by atoms with Gasteiger partial charge in [-0.2, -0.15) is 0 Å². The number of thioether (sulfide) groups is 1. The van der Waals surface area contributed by atoms with Crippen molar-refractivity contribution in [1.29, 1.82) is 0 Å². The van der Waals surface area contributed by atoms with Gasteiger partial charge in [0.25, 0.3) is 11.8 Å². The number of amides is 2. The molecule has 0 aliphatic carbocycles. The van der Waals surface area contributed by atoms with Crippen molar-refractivity contribution < 1.29 is 24.2 Å². The molecule has 10 heteroatoms. The van der Waals surface area contributed by atoms with E-state index in [0.717, 1.165) is 38.5 Å². The number of aromatic nitrogens is 3. The number of aliphatic hydroxyl groups is 1. The molecule has 1 fully saturated rings. The van der Waals surface area contributed by atoms with Gasteiger partial charge in [-0.25, -0.2) is 0 Å². The number of imide groups is 1. The summed E-state index contributed by atoms with van der Waals surface area (Å²) in [5, 5.41) is 18.5. The Hall–Kier alpha value is -4.61. The molecule has 1 saturated heterocycles. The summed E-state index contributed by atoms with van der Waals surface area (Å²) in [6, 6.07) is 30.7. The fourth-order valence-corrected chi connectivity index (χ4v) is 6.78. The predicted octanol–water partition coefficient (Wildman–Crippen LogP) is 6.11. The van der Waals surface area contributed by atoms with Crippen LogP contribution < -0.4 is 0 Å². The van der Waals surface area contributed by atoms with Crippen LogP contribution in [0, 0.1) is 0 Å². The van der Waals surface area contributed by atoms with Crippen molar-refractivity contribution in [3.05, 3.63) is 137 Å². The lowest BCUT2D eigenvalue weighted by Crippen LogP contribution is -2.31. The number of hydrogen-bond donors (Lipinski definition) is 1. The molecular weight excluding hydrogens is 600 g/mol. The highest BCUT2D eigenvalue weighted by Crippen LogP contribution is 2.40. The molecule has 0 unspecified atom stereocenters. The van der Waals surface area contributed by atoms with Crippen molar-refractivity contribution in [3.8, 4) is 11.1 Å². The molecule has 4 aromatic carbocycles. The highest BCUT2D eigenvalue weighted by Gasteiger charge is 2.35. The van der Waals surface area contributed by atoms with Crippen molar-refractivity contribution in [1.82, 2.24) is 19.7 Å². The number of rotatable bonds is 9. The van der Waals surface area contributed by atoms with Gasteiger partial charge in [0.2, 0.25) is 0 Å². The standard InChI is InChI=1S/C36H32N4O5S/c1-39-22-37-38-36(39)46-21-29-18-32(25-14-12-23(20-41)13-15-25)45-35(44-29)28-9-5-8-27(17-28)26-7-4-6-24(16-26)19-40-33(42)30-10-2-3-11-31(30)34(40)43/h2-17,22,29,32,35,41H,18-21H2,1H3/t29-,32+,35+/m0/s1. The van der Waals surface area contributed by atoms with E-state index < -0.39 is 6.29 Å². The lowest BCUT2D eigenvalue weighted by Gasteiger charge is -2.36. The molecule has 3 atom stereocenters. The van der Waals surface area contributed by atoms with E-state index in [-0.39, 0.29) is 37.2 Å². The zero-order valence-electron chi connectivity index (χ0n) is 25.2. The molecule has 0 radical (unpaired) electrons. The summed E-state index contributed by atoms with van der Waals surface area (Å²) in [5.74, 6) is 0.135. The van der Waals surface area contributed by atoms with Crippen molar-refractivity contribution in [3.63, 3.8) is 0 Å². The van der Waals surface area contributed by atoms with Crippen LogP contribution in [0.25, 0.3) is 11.1 Å². The normalized spacial score (nSPS) is 19.4. The van der Waals surface area contributed by atoms with Crippen LogP contribution >= 0.6 is 11.8 Å². The van der Waals surface area contributed by atoms with Crippen LogP contribution in [0.15, 0.2) is 109 Å². The number of ether oxygens (including phenoxy) is 2. The summed E-state index contributed by atoms with van der Waals surface area (Å²) < 4.78 is 15.0. The van der Waals surface area contributed by atoms with Crippen LogP contribution in [0.3, 0.4) is 0 Å². The number of fused-ring (bicyclic) bond motifs is 1. The minimum atomic E-state index is -0.608. The van der Waals surface area contributed by atoms with Gasteiger partial charge in [-0.05, 0) is 52.1 Å².